The summed E-state index contributed by atoms with van der Waals surface area (Å²) in [6, 6.07) is 0.230. The summed E-state index contributed by atoms with van der Waals surface area (Å²) in [6.45, 7) is 5.99. The van der Waals surface area contributed by atoms with Gasteiger partial charge in [-0.2, -0.15) is 0 Å². The Kier molecular flexibility index (Phi) is 5.53. The average Bonchev–Trinajstić information content (AvgIpc) is 1.86. The van der Waals surface area contributed by atoms with Crippen LogP contribution in [0.5, 0.6) is 0 Å². The van der Waals surface area contributed by atoms with Gasteiger partial charge in [-0.25, -0.2) is 0 Å². The molecule has 0 aromatic carbocycles. The van der Waals surface area contributed by atoms with E-state index in [1.54, 1.807) is 6.08 Å². The third-order valence-electron chi connectivity index (χ3n) is 1.16. The Labute approximate surface area is 68.7 Å². The predicted octanol–water partition coefficient (Wildman–Crippen LogP) is 1.87. The minimum atomic E-state index is 0.00782. The van der Waals surface area contributed by atoms with Crippen molar-refractivity contribution < 1.29 is 4.79 Å². The quantitative estimate of drug-likeness (QED) is 0.617. The lowest BCUT2D eigenvalue weighted by Gasteiger charge is -2.03. The highest BCUT2D eigenvalue weighted by atomic mass is 16.1. The summed E-state index contributed by atoms with van der Waals surface area (Å²) in [5.74, 6) is 0.00782. The van der Waals surface area contributed by atoms with Gasteiger partial charge in [0.25, 0.3) is 0 Å². The number of hydrogen-bond acceptors (Lipinski definition) is 1. The molecule has 0 aliphatic carbocycles. The number of allylic oxidation sites excluding steroid dienone is 1. The van der Waals surface area contributed by atoms with Gasteiger partial charge in [0, 0.05) is 6.04 Å². The minimum absolute atomic E-state index is 0.00782. The molecule has 2 heteroatoms. The number of carbonyl (C=O) groups excluding carboxylic acids is 1. The van der Waals surface area contributed by atoms with Crippen molar-refractivity contribution in [1.29, 1.82) is 0 Å². The van der Waals surface area contributed by atoms with Gasteiger partial charge in [0.15, 0.2) is 0 Å². The van der Waals surface area contributed by atoms with E-state index in [4.69, 9.17) is 0 Å². The van der Waals surface area contributed by atoms with Crippen LogP contribution in [0, 0.1) is 0 Å². The van der Waals surface area contributed by atoms with Crippen LogP contribution >= 0.6 is 0 Å². The monoisotopic (exact) mass is 155 g/mol. The van der Waals surface area contributed by atoms with E-state index in [0.717, 1.165) is 12.8 Å². The van der Waals surface area contributed by atoms with E-state index in [0.29, 0.717) is 0 Å². The molecule has 0 atom stereocenters. The Morgan fingerprint density at radius 2 is 2.18 bits per heavy atom. The molecule has 0 saturated carbocycles. The molecule has 64 valence electrons. The van der Waals surface area contributed by atoms with Crippen LogP contribution in [0.15, 0.2) is 12.2 Å². The SMILES string of the molecule is CCC/C=C/C(=O)NC(C)C. The number of carbonyl (C=O) groups is 1. The van der Waals surface area contributed by atoms with E-state index < -0.39 is 0 Å². The average molecular weight is 155 g/mol. The van der Waals surface area contributed by atoms with Crippen LogP contribution in [0.4, 0.5) is 0 Å². The molecule has 1 amide bonds. The third-order valence-corrected chi connectivity index (χ3v) is 1.16. The fraction of sp³-hybridized carbons (Fsp3) is 0.667. The smallest absolute Gasteiger partial charge is 0.243 e. The van der Waals surface area contributed by atoms with E-state index in [2.05, 4.69) is 12.2 Å². The van der Waals surface area contributed by atoms with Crippen LogP contribution in [0.25, 0.3) is 0 Å². The molecule has 0 bridgehead atoms. The Morgan fingerprint density at radius 3 is 2.64 bits per heavy atom. The lowest BCUT2D eigenvalue weighted by molar-refractivity contribution is -0.116. The van der Waals surface area contributed by atoms with Gasteiger partial charge in [0.2, 0.25) is 5.91 Å². The van der Waals surface area contributed by atoms with E-state index in [9.17, 15) is 4.79 Å². The largest absolute Gasteiger partial charge is 0.350 e. The third kappa shape index (κ3) is 7.10. The fourth-order valence-electron chi connectivity index (χ4n) is 0.690. The van der Waals surface area contributed by atoms with Crippen LogP contribution < -0.4 is 5.32 Å². The van der Waals surface area contributed by atoms with Crippen molar-refractivity contribution in [2.45, 2.75) is 39.7 Å². The molecule has 0 spiro atoms. The van der Waals surface area contributed by atoms with Crippen molar-refractivity contribution in [3.05, 3.63) is 12.2 Å². The summed E-state index contributed by atoms with van der Waals surface area (Å²) in [7, 11) is 0. The molecular formula is C9H17NO. The summed E-state index contributed by atoms with van der Waals surface area (Å²) >= 11 is 0. The fourth-order valence-corrected chi connectivity index (χ4v) is 0.690. The van der Waals surface area contributed by atoms with Crippen molar-refractivity contribution in [2.24, 2.45) is 0 Å². The number of rotatable bonds is 4. The second kappa shape index (κ2) is 5.96. The van der Waals surface area contributed by atoms with E-state index in [1.165, 1.54) is 0 Å². The van der Waals surface area contributed by atoms with Crippen LogP contribution in [0.3, 0.4) is 0 Å². The molecular weight excluding hydrogens is 138 g/mol. The zero-order chi connectivity index (χ0) is 8.69. The molecule has 0 heterocycles. The first-order valence-electron chi connectivity index (χ1n) is 4.13. The second-order valence-corrected chi connectivity index (χ2v) is 2.85. The number of hydrogen-bond donors (Lipinski definition) is 1. The Bertz CT molecular complexity index is 138. The molecule has 0 aromatic heterocycles. The molecule has 0 aromatic rings. The number of nitrogens with one attached hydrogen (secondary N) is 1. The second-order valence-electron chi connectivity index (χ2n) is 2.85. The van der Waals surface area contributed by atoms with Crippen LogP contribution in [0.1, 0.15) is 33.6 Å². The molecule has 1 N–H and O–H groups in total. The van der Waals surface area contributed by atoms with Gasteiger partial charge in [-0.15, -0.1) is 0 Å². The number of amides is 1. The Hall–Kier alpha value is -0.790. The predicted molar refractivity (Wildman–Crippen MR) is 47.3 cm³/mol. The van der Waals surface area contributed by atoms with Crippen molar-refractivity contribution in [3.63, 3.8) is 0 Å². The highest BCUT2D eigenvalue weighted by Crippen LogP contribution is 1.88. The van der Waals surface area contributed by atoms with Crippen molar-refractivity contribution >= 4 is 5.91 Å². The van der Waals surface area contributed by atoms with E-state index in [-0.39, 0.29) is 11.9 Å². The van der Waals surface area contributed by atoms with Gasteiger partial charge in [-0.3, -0.25) is 4.79 Å². The summed E-state index contributed by atoms with van der Waals surface area (Å²) in [6.07, 6.45) is 5.57. The molecule has 0 fully saturated rings. The molecule has 0 aliphatic rings. The molecule has 0 unspecified atom stereocenters. The van der Waals surface area contributed by atoms with Gasteiger partial charge in [-0.05, 0) is 26.3 Å². The van der Waals surface area contributed by atoms with Crippen molar-refractivity contribution in [1.82, 2.24) is 5.32 Å². The normalized spacial score (nSPS) is 10.9. The molecule has 0 radical (unpaired) electrons. The maximum absolute atomic E-state index is 10.9. The molecule has 0 aliphatic heterocycles. The van der Waals surface area contributed by atoms with Crippen LogP contribution in [0.2, 0.25) is 0 Å². The van der Waals surface area contributed by atoms with Gasteiger partial charge in [0.1, 0.15) is 0 Å². The summed E-state index contributed by atoms with van der Waals surface area (Å²) in [5.41, 5.74) is 0. The van der Waals surface area contributed by atoms with Crippen LogP contribution in [-0.2, 0) is 4.79 Å². The maximum atomic E-state index is 10.9. The van der Waals surface area contributed by atoms with Gasteiger partial charge in [-0.1, -0.05) is 19.4 Å². The summed E-state index contributed by atoms with van der Waals surface area (Å²) < 4.78 is 0. The zero-order valence-electron chi connectivity index (χ0n) is 7.55. The highest BCUT2D eigenvalue weighted by molar-refractivity contribution is 5.87. The maximum Gasteiger partial charge on any atom is 0.243 e. The van der Waals surface area contributed by atoms with Crippen molar-refractivity contribution in [2.75, 3.05) is 0 Å². The molecule has 0 saturated heterocycles. The first kappa shape index (κ1) is 10.2. The Morgan fingerprint density at radius 1 is 1.55 bits per heavy atom. The first-order chi connectivity index (χ1) is 5.16. The molecule has 11 heavy (non-hydrogen) atoms. The first-order valence-corrected chi connectivity index (χ1v) is 4.13. The number of unbranched alkanes of at least 4 members (excludes halogenated alkanes) is 1. The van der Waals surface area contributed by atoms with Crippen LogP contribution in [-0.4, -0.2) is 11.9 Å². The Balaban J connectivity index is 3.51. The van der Waals surface area contributed by atoms with Gasteiger partial charge < -0.3 is 5.32 Å². The molecule has 2 nitrogen and oxygen atoms in total. The van der Waals surface area contributed by atoms with Gasteiger partial charge in [0.05, 0.1) is 0 Å². The molecule has 0 rings (SSSR count). The van der Waals surface area contributed by atoms with E-state index >= 15 is 0 Å². The standard InChI is InChI=1S/C9H17NO/c1-4-5-6-7-9(11)10-8(2)3/h6-8H,4-5H2,1-3H3,(H,10,11)/b7-6+. The summed E-state index contributed by atoms with van der Waals surface area (Å²) in [4.78, 5) is 10.9. The topological polar surface area (TPSA) is 29.1 Å². The highest BCUT2D eigenvalue weighted by Gasteiger charge is 1.95. The zero-order valence-corrected chi connectivity index (χ0v) is 7.55. The van der Waals surface area contributed by atoms with Crippen molar-refractivity contribution in [3.8, 4) is 0 Å². The minimum Gasteiger partial charge on any atom is -0.350 e. The summed E-state index contributed by atoms with van der Waals surface area (Å²) in [5, 5.41) is 2.78. The lowest BCUT2D eigenvalue weighted by atomic mass is 10.3. The lowest BCUT2D eigenvalue weighted by Crippen LogP contribution is -2.28. The van der Waals surface area contributed by atoms with E-state index in [1.807, 2.05) is 19.9 Å². The van der Waals surface area contributed by atoms with Gasteiger partial charge >= 0.3 is 0 Å².